The highest BCUT2D eigenvalue weighted by molar-refractivity contribution is 5.84. The number of esters is 1. The number of ether oxygens (including phenoxy) is 2. The second-order valence-electron chi connectivity index (χ2n) is 10.4. The fourth-order valence-corrected chi connectivity index (χ4v) is 4.23. The maximum absolute atomic E-state index is 13.6. The summed E-state index contributed by atoms with van der Waals surface area (Å²) in [5.74, 6) is -2.79. The highest BCUT2D eigenvalue weighted by atomic mass is 19.3. The molecule has 1 atom stereocenters. The van der Waals surface area contributed by atoms with Crippen LogP contribution in [0.1, 0.15) is 69.9 Å². The Morgan fingerprint density at radius 3 is 2.32 bits per heavy atom. The first-order valence-electron chi connectivity index (χ1n) is 14.7. The van der Waals surface area contributed by atoms with Crippen molar-refractivity contribution in [1.29, 1.82) is 0 Å². The zero-order valence-corrected chi connectivity index (χ0v) is 25.3. The molecule has 9 nitrogen and oxygen atoms in total. The summed E-state index contributed by atoms with van der Waals surface area (Å²) in [7, 11) is 0. The minimum Gasteiger partial charge on any atom is -0.487 e. The number of rotatable bonds is 16. The highest BCUT2D eigenvalue weighted by Gasteiger charge is 2.27. The quantitative estimate of drug-likeness (QED) is 0.0701. The normalized spacial score (nSPS) is 14.1. The number of amides is 1. The maximum Gasteiger partial charge on any atom is 0.328 e. The summed E-state index contributed by atoms with van der Waals surface area (Å²) in [4.78, 5) is 38.1. The first-order valence-corrected chi connectivity index (χ1v) is 14.7. The van der Waals surface area contributed by atoms with Gasteiger partial charge in [-0.2, -0.15) is 8.78 Å². The molecule has 0 heterocycles. The average Bonchev–Trinajstić information content (AvgIpc) is 3.54. The van der Waals surface area contributed by atoms with Crippen molar-refractivity contribution in [2.45, 2.75) is 84.0 Å². The Morgan fingerprint density at radius 2 is 1.70 bits per heavy atom. The third kappa shape index (κ3) is 15.8. The van der Waals surface area contributed by atoms with E-state index < -0.39 is 29.6 Å². The number of allylic oxidation sites excluding steroid dienone is 3. The molecular formula is C33H42F2N2O7. The molecule has 1 aliphatic rings. The molecule has 0 bridgehead atoms. The van der Waals surface area contributed by atoms with Crippen LogP contribution < -0.4 is 10.1 Å². The fourth-order valence-electron chi connectivity index (χ4n) is 4.23. The van der Waals surface area contributed by atoms with Crippen molar-refractivity contribution >= 4 is 11.9 Å². The zero-order valence-electron chi connectivity index (χ0n) is 25.3. The second-order valence-corrected chi connectivity index (χ2v) is 10.4. The van der Waals surface area contributed by atoms with Crippen LogP contribution in [0.4, 0.5) is 8.78 Å². The van der Waals surface area contributed by atoms with Crippen molar-refractivity contribution < 1.29 is 37.8 Å². The van der Waals surface area contributed by atoms with Crippen molar-refractivity contribution in [2.24, 2.45) is 5.92 Å². The van der Waals surface area contributed by atoms with Crippen molar-refractivity contribution in [1.82, 2.24) is 5.32 Å². The van der Waals surface area contributed by atoms with E-state index in [1.165, 1.54) is 0 Å². The van der Waals surface area contributed by atoms with Crippen LogP contribution in [0.2, 0.25) is 0 Å². The minimum atomic E-state index is -2.89. The summed E-state index contributed by atoms with van der Waals surface area (Å²) >= 11 is 0. The first-order chi connectivity index (χ1) is 21.1. The minimum absolute atomic E-state index is 0.0523. The predicted octanol–water partition coefficient (Wildman–Crippen LogP) is 7.14. The first kappa shape index (κ1) is 35.9. The Balaban J connectivity index is 0.000000326. The molecule has 1 N–H and O–H groups in total. The Kier molecular flexibility index (Phi) is 16.2. The summed E-state index contributed by atoms with van der Waals surface area (Å²) < 4.78 is 37.4. The molecule has 0 saturated heterocycles. The monoisotopic (exact) mass is 616 g/mol. The smallest absolute Gasteiger partial charge is 0.328 e. The molecule has 0 aromatic heterocycles. The van der Waals surface area contributed by atoms with Crippen molar-refractivity contribution in [3.05, 3.63) is 100 Å². The van der Waals surface area contributed by atoms with Gasteiger partial charge < -0.3 is 19.6 Å². The molecule has 1 saturated carbocycles. The van der Waals surface area contributed by atoms with Gasteiger partial charge in [-0.15, -0.1) is 10.1 Å². The van der Waals surface area contributed by atoms with Gasteiger partial charge in [0, 0.05) is 6.42 Å². The van der Waals surface area contributed by atoms with E-state index in [4.69, 9.17) is 9.47 Å². The third-order valence-electron chi connectivity index (χ3n) is 6.67. The van der Waals surface area contributed by atoms with E-state index in [0.717, 1.165) is 50.2 Å². The molecule has 0 aliphatic heterocycles. The summed E-state index contributed by atoms with van der Waals surface area (Å²) in [6.07, 6.45) is 12.9. The van der Waals surface area contributed by atoms with Gasteiger partial charge in [0.15, 0.2) is 6.61 Å². The second kappa shape index (κ2) is 19.8. The molecule has 2 aromatic carbocycles. The Hall–Kier alpha value is -4.28. The lowest BCUT2D eigenvalue weighted by Crippen LogP contribution is -2.39. The van der Waals surface area contributed by atoms with Gasteiger partial charge in [0.1, 0.15) is 25.0 Å². The van der Waals surface area contributed by atoms with E-state index >= 15 is 0 Å². The lowest BCUT2D eigenvalue weighted by Gasteiger charge is -2.14. The molecule has 44 heavy (non-hydrogen) atoms. The Morgan fingerprint density at radius 1 is 1.07 bits per heavy atom. The highest BCUT2D eigenvalue weighted by Crippen LogP contribution is 2.28. The number of halogens is 2. The van der Waals surface area contributed by atoms with E-state index in [0.29, 0.717) is 23.7 Å². The van der Waals surface area contributed by atoms with Gasteiger partial charge in [0.2, 0.25) is 5.91 Å². The number of nitrogens with one attached hydrogen (secondary N) is 1. The Bertz CT molecular complexity index is 1200. The molecule has 1 unspecified atom stereocenters. The molecule has 3 rings (SSSR count). The number of unbranched alkanes of at least 4 members (excludes halogenated alkanes) is 1. The van der Waals surface area contributed by atoms with Crippen LogP contribution in [0.25, 0.3) is 0 Å². The van der Waals surface area contributed by atoms with Crippen LogP contribution in [0.3, 0.4) is 0 Å². The number of benzene rings is 2. The predicted molar refractivity (Wildman–Crippen MR) is 162 cm³/mol. The molecule has 1 fully saturated rings. The molecular weight excluding hydrogens is 574 g/mol. The molecule has 240 valence electrons. The number of alkyl halides is 2. The number of carbonyl (C=O) groups is 2. The van der Waals surface area contributed by atoms with Crippen LogP contribution >= 0.6 is 0 Å². The third-order valence-corrected chi connectivity index (χ3v) is 6.67. The van der Waals surface area contributed by atoms with Crippen LogP contribution in [0, 0.1) is 16.0 Å². The molecule has 2 aromatic rings. The van der Waals surface area contributed by atoms with Gasteiger partial charge in [-0.1, -0.05) is 73.5 Å². The number of carbonyl (C=O) groups excluding carboxylic acids is 2. The van der Waals surface area contributed by atoms with E-state index in [-0.39, 0.29) is 19.1 Å². The van der Waals surface area contributed by atoms with Gasteiger partial charge in [-0.3, -0.25) is 4.79 Å². The summed E-state index contributed by atoms with van der Waals surface area (Å²) in [6, 6.07) is 14.7. The molecule has 1 aliphatic carbocycles. The lowest BCUT2D eigenvalue weighted by atomic mass is 10.1. The molecule has 0 spiro atoms. The summed E-state index contributed by atoms with van der Waals surface area (Å²) in [5.41, 5.74) is 1.36. The van der Waals surface area contributed by atoms with E-state index in [1.54, 1.807) is 61.5 Å². The van der Waals surface area contributed by atoms with Crippen LogP contribution in [-0.4, -0.2) is 35.5 Å². The Labute approximate surface area is 257 Å². The van der Waals surface area contributed by atoms with Gasteiger partial charge in [0.25, 0.3) is 11.0 Å². The molecule has 11 heteroatoms. The van der Waals surface area contributed by atoms with E-state index in [2.05, 4.69) is 10.2 Å². The number of nitrogens with zero attached hydrogens (tertiary/aromatic N) is 1. The zero-order chi connectivity index (χ0) is 32.2. The lowest BCUT2D eigenvalue weighted by molar-refractivity contribution is -0.763. The number of hydrogen-bond donors (Lipinski definition) is 1. The van der Waals surface area contributed by atoms with Crippen LogP contribution in [-0.2, 0) is 32.4 Å². The van der Waals surface area contributed by atoms with Crippen molar-refractivity contribution in [3.63, 3.8) is 0 Å². The fraction of sp³-hybridized carbons (Fsp3) is 0.455. The van der Waals surface area contributed by atoms with E-state index in [1.807, 2.05) is 25.1 Å². The molecule has 0 radical (unpaired) electrons. The van der Waals surface area contributed by atoms with Gasteiger partial charge in [-0.25, -0.2) is 4.79 Å². The van der Waals surface area contributed by atoms with Crippen molar-refractivity contribution in [2.75, 3.05) is 6.61 Å². The average molecular weight is 617 g/mol. The van der Waals surface area contributed by atoms with Gasteiger partial charge >= 0.3 is 5.97 Å². The van der Waals surface area contributed by atoms with Crippen LogP contribution in [0.15, 0.2) is 78.9 Å². The topological polar surface area (TPSA) is 117 Å². The molecule has 1 amide bonds. The van der Waals surface area contributed by atoms with Gasteiger partial charge in [-0.05, 0) is 74.8 Å². The van der Waals surface area contributed by atoms with Crippen molar-refractivity contribution in [3.8, 4) is 5.75 Å². The van der Waals surface area contributed by atoms with Gasteiger partial charge in [0.05, 0.1) is 0 Å². The summed E-state index contributed by atoms with van der Waals surface area (Å²) in [6.45, 7) is 2.82. The SMILES string of the molecule is C/C=C\CCCC(=O)NC(C)C(=O)OCc1ccc(CO[N+](=O)[O-])cc1.FC(F)(/C=C/C1CCCC1)COc1ccccc1. The van der Waals surface area contributed by atoms with Crippen LogP contribution in [0.5, 0.6) is 5.75 Å². The standard InChI is InChI=1S/C18H24N2O6.C15H18F2O/c1-3-4-5-6-7-17(21)19-14(2)18(22)25-12-15-8-10-16(11-9-15)13-26-20(23)24;16-15(17,11-10-13-6-4-5-7-13)12-18-14-8-2-1-3-9-14/h3-4,8-11,14H,5-7,12-13H2,1-2H3,(H,19,21);1-3,8-11,13H,4-7,12H2/b4-3-;11-10+. The number of para-hydroxylation sites is 1. The summed E-state index contributed by atoms with van der Waals surface area (Å²) in [5, 5.41) is 11.9. The van der Waals surface area contributed by atoms with E-state index in [9.17, 15) is 28.5 Å². The number of hydrogen-bond acceptors (Lipinski definition) is 7. The largest absolute Gasteiger partial charge is 0.487 e. The maximum atomic E-state index is 13.6.